The molecule has 4 heteroatoms. The lowest BCUT2D eigenvalue weighted by Crippen LogP contribution is -2.01. The predicted octanol–water partition coefficient (Wildman–Crippen LogP) is 3.70. The van der Waals surface area contributed by atoms with E-state index in [0.717, 1.165) is 16.9 Å². The van der Waals surface area contributed by atoms with Crippen molar-refractivity contribution in [3.8, 4) is 5.75 Å². The normalized spacial score (nSPS) is 15.8. The number of ether oxygens (including phenoxy) is 2. The second kappa shape index (κ2) is 6.75. The number of methoxy groups -OCH3 is 1. The summed E-state index contributed by atoms with van der Waals surface area (Å²) in [7, 11) is 1.61. The van der Waals surface area contributed by atoms with E-state index in [0.29, 0.717) is 0 Å². The molecule has 0 aromatic heterocycles. The van der Waals surface area contributed by atoms with Gasteiger partial charge in [-0.15, -0.1) is 0 Å². The van der Waals surface area contributed by atoms with Gasteiger partial charge in [0.1, 0.15) is 5.75 Å². The van der Waals surface area contributed by atoms with Crippen molar-refractivity contribution >= 4 is 24.0 Å². The average Bonchev–Trinajstić information content (AvgIpc) is 2.94. The zero-order chi connectivity index (χ0) is 16.1. The van der Waals surface area contributed by atoms with Gasteiger partial charge in [-0.2, -0.15) is 0 Å². The van der Waals surface area contributed by atoms with E-state index >= 15 is 0 Å². The lowest BCUT2D eigenvalue weighted by Gasteiger charge is -2.02. The molecule has 114 valence electrons. The molecule has 0 bridgehead atoms. The summed E-state index contributed by atoms with van der Waals surface area (Å²) in [6.07, 6.45) is 5.16. The van der Waals surface area contributed by atoms with Crippen molar-refractivity contribution in [3.05, 3.63) is 77.5 Å². The minimum Gasteiger partial charge on any atom is -0.496 e. The molecule has 1 aliphatic heterocycles. The molecule has 0 saturated carbocycles. The summed E-state index contributed by atoms with van der Waals surface area (Å²) in [5, 5.41) is 0. The molecule has 0 radical (unpaired) electrons. The van der Waals surface area contributed by atoms with Crippen molar-refractivity contribution in [2.45, 2.75) is 0 Å². The minimum absolute atomic E-state index is 0.267. The van der Waals surface area contributed by atoms with Crippen LogP contribution in [0.5, 0.6) is 5.75 Å². The Kier molecular flexibility index (Phi) is 4.34. The fourth-order valence-electron chi connectivity index (χ4n) is 2.17. The van der Waals surface area contributed by atoms with Gasteiger partial charge in [0.15, 0.2) is 5.70 Å². The van der Waals surface area contributed by atoms with Crippen LogP contribution >= 0.6 is 0 Å². The zero-order valence-corrected chi connectivity index (χ0v) is 12.6. The first kappa shape index (κ1) is 14.8. The number of hydrogen-bond acceptors (Lipinski definition) is 4. The molecular weight excluding hydrogens is 290 g/mol. The molecule has 0 unspecified atom stereocenters. The lowest BCUT2D eigenvalue weighted by atomic mass is 10.2. The SMILES string of the molecule is COc1ccccc1/C=C/C1=NC(=C\c2ccccc2)/C(=O)O1. The molecule has 0 saturated heterocycles. The lowest BCUT2D eigenvalue weighted by molar-refractivity contribution is -0.129. The maximum Gasteiger partial charge on any atom is 0.363 e. The second-order valence-corrected chi connectivity index (χ2v) is 4.86. The number of carbonyl (C=O) groups is 1. The van der Waals surface area contributed by atoms with Crippen LogP contribution in [0.25, 0.3) is 12.2 Å². The number of esters is 1. The summed E-state index contributed by atoms with van der Waals surface area (Å²) in [5.41, 5.74) is 2.07. The van der Waals surface area contributed by atoms with Gasteiger partial charge in [0, 0.05) is 11.6 Å². The predicted molar refractivity (Wildman–Crippen MR) is 90.0 cm³/mol. The van der Waals surface area contributed by atoms with Crippen molar-refractivity contribution in [2.75, 3.05) is 7.11 Å². The molecule has 23 heavy (non-hydrogen) atoms. The summed E-state index contributed by atoms with van der Waals surface area (Å²) in [4.78, 5) is 16.1. The van der Waals surface area contributed by atoms with Gasteiger partial charge >= 0.3 is 5.97 Å². The quantitative estimate of drug-likeness (QED) is 0.639. The molecule has 3 rings (SSSR count). The molecule has 1 heterocycles. The minimum atomic E-state index is -0.450. The summed E-state index contributed by atoms with van der Waals surface area (Å²) in [5.74, 6) is 0.561. The van der Waals surface area contributed by atoms with Gasteiger partial charge in [0.25, 0.3) is 0 Å². The average molecular weight is 305 g/mol. The number of para-hydroxylation sites is 1. The molecule has 0 amide bonds. The van der Waals surface area contributed by atoms with Gasteiger partial charge in [-0.05, 0) is 23.8 Å². The standard InChI is InChI=1S/C19H15NO3/c1-22-17-10-6-5-9-15(17)11-12-18-20-16(19(21)23-18)13-14-7-3-2-4-8-14/h2-13H,1H3/b12-11+,16-13-. The van der Waals surface area contributed by atoms with E-state index in [9.17, 15) is 4.79 Å². The van der Waals surface area contributed by atoms with Crippen molar-refractivity contribution in [2.24, 2.45) is 4.99 Å². The molecule has 0 aliphatic carbocycles. The van der Waals surface area contributed by atoms with E-state index in [4.69, 9.17) is 9.47 Å². The van der Waals surface area contributed by atoms with Crippen molar-refractivity contribution in [3.63, 3.8) is 0 Å². The van der Waals surface area contributed by atoms with Crippen molar-refractivity contribution in [1.29, 1.82) is 0 Å². The fourth-order valence-corrected chi connectivity index (χ4v) is 2.17. The Bertz CT molecular complexity index is 804. The number of cyclic esters (lactones) is 1. The first-order valence-electron chi connectivity index (χ1n) is 7.15. The molecule has 2 aromatic rings. The van der Waals surface area contributed by atoms with Crippen LogP contribution in [0.1, 0.15) is 11.1 Å². The van der Waals surface area contributed by atoms with Crippen LogP contribution in [0, 0.1) is 0 Å². The Morgan fingerprint density at radius 3 is 2.52 bits per heavy atom. The molecular formula is C19H15NO3. The highest BCUT2D eigenvalue weighted by molar-refractivity contribution is 6.11. The maximum absolute atomic E-state index is 11.9. The van der Waals surface area contributed by atoms with E-state index in [-0.39, 0.29) is 11.6 Å². The van der Waals surface area contributed by atoms with E-state index < -0.39 is 5.97 Å². The second-order valence-electron chi connectivity index (χ2n) is 4.86. The first-order chi connectivity index (χ1) is 11.3. The highest BCUT2D eigenvalue weighted by atomic mass is 16.6. The number of aliphatic imine (C=N–C) groups is 1. The highest BCUT2D eigenvalue weighted by Gasteiger charge is 2.21. The molecule has 0 spiro atoms. The van der Waals surface area contributed by atoms with Crippen LogP contribution in [-0.2, 0) is 9.53 Å². The molecule has 0 atom stereocenters. The van der Waals surface area contributed by atoms with Crippen LogP contribution in [0.3, 0.4) is 0 Å². The fraction of sp³-hybridized carbons (Fsp3) is 0.0526. The van der Waals surface area contributed by atoms with Crippen LogP contribution in [-0.4, -0.2) is 19.0 Å². The zero-order valence-electron chi connectivity index (χ0n) is 12.6. The van der Waals surface area contributed by atoms with Crippen LogP contribution in [0.2, 0.25) is 0 Å². The van der Waals surface area contributed by atoms with Gasteiger partial charge in [-0.1, -0.05) is 48.5 Å². The maximum atomic E-state index is 11.9. The summed E-state index contributed by atoms with van der Waals surface area (Å²) in [6, 6.07) is 17.1. The molecule has 4 nitrogen and oxygen atoms in total. The molecule has 0 N–H and O–H groups in total. The van der Waals surface area contributed by atoms with E-state index in [1.165, 1.54) is 0 Å². The summed E-state index contributed by atoms with van der Waals surface area (Å²) >= 11 is 0. The third-order valence-corrected chi connectivity index (χ3v) is 3.28. The smallest absolute Gasteiger partial charge is 0.363 e. The van der Waals surface area contributed by atoms with Gasteiger partial charge in [-0.25, -0.2) is 9.79 Å². The highest BCUT2D eigenvalue weighted by Crippen LogP contribution is 2.20. The topological polar surface area (TPSA) is 47.9 Å². The summed E-state index contributed by atoms with van der Waals surface area (Å²) in [6.45, 7) is 0. The Balaban J connectivity index is 1.82. The molecule has 2 aromatic carbocycles. The largest absolute Gasteiger partial charge is 0.496 e. The van der Waals surface area contributed by atoms with Gasteiger partial charge in [0.2, 0.25) is 5.90 Å². The third kappa shape index (κ3) is 3.55. The van der Waals surface area contributed by atoms with E-state index in [1.54, 1.807) is 25.3 Å². The summed E-state index contributed by atoms with van der Waals surface area (Å²) < 4.78 is 10.4. The Hall–Kier alpha value is -3.14. The van der Waals surface area contributed by atoms with Gasteiger partial charge < -0.3 is 9.47 Å². The number of rotatable bonds is 4. The number of nitrogens with zero attached hydrogens (tertiary/aromatic N) is 1. The van der Waals surface area contributed by atoms with Gasteiger partial charge in [-0.3, -0.25) is 0 Å². The van der Waals surface area contributed by atoms with Crippen LogP contribution in [0.4, 0.5) is 0 Å². The van der Waals surface area contributed by atoms with E-state index in [1.807, 2.05) is 54.6 Å². The molecule has 1 aliphatic rings. The number of carbonyl (C=O) groups excluding carboxylic acids is 1. The third-order valence-electron chi connectivity index (χ3n) is 3.28. The Labute approximate surface area is 134 Å². The number of benzene rings is 2. The van der Waals surface area contributed by atoms with Crippen LogP contribution in [0.15, 0.2) is 71.4 Å². The van der Waals surface area contributed by atoms with E-state index in [2.05, 4.69) is 4.99 Å². The first-order valence-corrected chi connectivity index (χ1v) is 7.15. The molecule has 0 fully saturated rings. The van der Waals surface area contributed by atoms with Gasteiger partial charge in [0.05, 0.1) is 7.11 Å². The number of hydrogen-bond donors (Lipinski definition) is 0. The Morgan fingerprint density at radius 2 is 1.74 bits per heavy atom. The van der Waals surface area contributed by atoms with Crippen LogP contribution < -0.4 is 4.74 Å². The Morgan fingerprint density at radius 1 is 1.00 bits per heavy atom. The van der Waals surface area contributed by atoms with Crippen molar-refractivity contribution in [1.82, 2.24) is 0 Å². The van der Waals surface area contributed by atoms with Crippen molar-refractivity contribution < 1.29 is 14.3 Å². The monoisotopic (exact) mass is 305 g/mol.